The summed E-state index contributed by atoms with van der Waals surface area (Å²) < 4.78 is 30.5. The number of amides is 1. The highest BCUT2D eigenvalue weighted by atomic mass is 32.2. The number of methoxy groups -OCH3 is 1. The van der Waals surface area contributed by atoms with Crippen molar-refractivity contribution in [2.24, 2.45) is 0 Å². The van der Waals surface area contributed by atoms with Crippen molar-refractivity contribution < 1.29 is 17.9 Å². The van der Waals surface area contributed by atoms with Gasteiger partial charge in [0.15, 0.2) is 9.84 Å². The second kappa shape index (κ2) is 7.34. The summed E-state index contributed by atoms with van der Waals surface area (Å²) in [6, 6.07) is 6.88. The predicted octanol–water partition coefficient (Wildman–Crippen LogP) is 2.14. The third-order valence-electron chi connectivity index (χ3n) is 5.11. The molecule has 1 aromatic heterocycles. The summed E-state index contributed by atoms with van der Waals surface area (Å²) in [6.07, 6.45) is 0.588. The highest BCUT2D eigenvalue weighted by Crippen LogP contribution is 2.27. The van der Waals surface area contributed by atoms with E-state index >= 15 is 0 Å². The second-order valence-electron chi connectivity index (χ2n) is 7.04. The van der Waals surface area contributed by atoms with Crippen LogP contribution in [0.2, 0.25) is 0 Å². The van der Waals surface area contributed by atoms with E-state index < -0.39 is 9.84 Å². The summed E-state index contributed by atoms with van der Waals surface area (Å²) >= 11 is 0. The van der Waals surface area contributed by atoms with E-state index in [0.29, 0.717) is 24.3 Å². The highest BCUT2D eigenvalue weighted by molar-refractivity contribution is 7.91. The van der Waals surface area contributed by atoms with Gasteiger partial charge in [-0.3, -0.25) is 9.48 Å². The van der Waals surface area contributed by atoms with Crippen molar-refractivity contribution in [3.63, 3.8) is 0 Å². The Balaban J connectivity index is 1.77. The smallest absolute Gasteiger partial charge is 0.253 e. The SMILES string of the molecule is COc1ccc(C(=O)N(C)Cc2c(C)nn([C@@H]3CCS(=O)(=O)C3)c2C)cc1. The molecule has 0 saturated carbocycles. The zero-order valence-electron chi connectivity index (χ0n) is 16.1. The number of carbonyl (C=O) groups excluding carboxylic acids is 1. The first-order chi connectivity index (χ1) is 12.7. The fourth-order valence-corrected chi connectivity index (χ4v) is 5.20. The Morgan fingerprint density at radius 1 is 1.30 bits per heavy atom. The number of nitrogens with zero attached hydrogens (tertiary/aromatic N) is 3. The maximum atomic E-state index is 12.7. The molecule has 0 N–H and O–H groups in total. The first kappa shape index (κ1) is 19.4. The molecule has 0 spiro atoms. The molecule has 1 amide bonds. The summed E-state index contributed by atoms with van der Waals surface area (Å²) in [6.45, 7) is 4.25. The summed E-state index contributed by atoms with van der Waals surface area (Å²) in [4.78, 5) is 14.3. The minimum absolute atomic E-state index is 0.0901. The Kier molecular flexibility index (Phi) is 5.28. The number of ether oxygens (including phenoxy) is 1. The van der Waals surface area contributed by atoms with Crippen LogP contribution in [0.15, 0.2) is 24.3 Å². The average molecular weight is 391 g/mol. The fraction of sp³-hybridized carbons (Fsp3) is 0.474. The molecule has 1 saturated heterocycles. The maximum absolute atomic E-state index is 12.7. The molecule has 1 atom stereocenters. The van der Waals surface area contributed by atoms with Crippen LogP contribution in [0, 0.1) is 13.8 Å². The van der Waals surface area contributed by atoms with Gasteiger partial charge >= 0.3 is 0 Å². The van der Waals surface area contributed by atoms with Crippen LogP contribution in [-0.4, -0.2) is 54.7 Å². The molecule has 0 bridgehead atoms. The van der Waals surface area contributed by atoms with Crippen LogP contribution < -0.4 is 4.74 Å². The molecule has 146 valence electrons. The van der Waals surface area contributed by atoms with Crippen molar-refractivity contribution in [1.82, 2.24) is 14.7 Å². The zero-order valence-corrected chi connectivity index (χ0v) is 16.9. The van der Waals surface area contributed by atoms with Crippen LogP contribution in [0.4, 0.5) is 0 Å². The van der Waals surface area contributed by atoms with Crippen molar-refractivity contribution in [1.29, 1.82) is 0 Å². The topological polar surface area (TPSA) is 81.5 Å². The molecule has 2 aromatic rings. The van der Waals surface area contributed by atoms with E-state index in [9.17, 15) is 13.2 Å². The van der Waals surface area contributed by atoms with Gasteiger partial charge in [0.1, 0.15) is 5.75 Å². The lowest BCUT2D eigenvalue weighted by atomic mass is 10.1. The summed E-state index contributed by atoms with van der Waals surface area (Å²) in [5.41, 5.74) is 3.29. The molecule has 27 heavy (non-hydrogen) atoms. The molecular weight excluding hydrogens is 366 g/mol. The second-order valence-corrected chi connectivity index (χ2v) is 9.27. The molecule has 1 aliphatic rings. The van der Waals surface area contributed by atoms with E-state index in [1.165, 1.54) is 0 Å². The van der Waals surface area contributed by atoms with Crippen molar-refractivity contribution in [2.45, 2.75) is 32.9 Å². The number of sulfone groups is 1. The highest BCUT2D eigenvalue weighted by Gasteiger charge is 2.31. The average Bonchev–Trinajstić information content (AvgIpc) is 3.14. The van der Waals surface area contributed by atoms with Crippen LogP contribution >= 0.6 is 0 Å². The first-order valence-electron chi connectivity index (χ1n) is 8.86. The van der Waals surface area contributed by atoms with Gasteiger partial charge in [-0.15, -0.1) is 0 Å². The maximum Gasteiger partial charge on any atom is 0.253 e. The number of hydrogen-bond acceptors (Lipinski definition) is 5. The Bertz CT molecular complexity index is 948. The van der Waals surface area contributed by atoms with E-state index in [0.717, 1.165) is 17.0 Å². The van der Waals surface area contributed by atoms with Crippen molar-refractivity contribution in [3.05, 3.63) is 46.8 Å². The quantitative estimate of drug-likeness (QED) is 0.780. The van der Waals surface area contributed by atoms with Crippen LogP contribution in [0.5, 0.6) is 5.75 Å². The van der Waals surface area contributed by atoms with E-state index in [4.69, 9.17) is 4.74 Å². The van der Waals surface area contributed by atoms with E-state index in [2.05, 4.69) is 5.10 Å². The third kappa shape index (κ3) is 4.00. The lowest BCUT2D eigenvalue weighted by Crippen LogP contribution is -2.26. The Morgan fingerprint density at radius 3 is 2.52 bits per heavy atom. The van der Waals surface area contributed by atoms with Gasteiger partial charge in [0.05, 0.1) is 30.4 Å². The van der Waals surface area contributed by atoms with Gasteiger partial charge in [-0.05, 0) is 44.5 Å². The number of rotatable bonds is 5. The molecule has 0 aliphatic carbocycles. The Morgan fingerprint density at radius 2 is 1.96 bits per heavy atom. The molecule has 7 nitrogen and oxygen atoms in total. The largest absolute Gasteiger partial charge is 0.497 e. The van der Waals surface area contributed by atoms with Gasteiger partial charge in [-0.1, -0.05) is 0 Å². The number of benzene rings is 1. The molecule has 1 aliphatic heterocycles. The monoisotopic (exact) mass is 391 g/mol. The zero-order chi connectivity index (χ0) is 19.8. The minimum atomic E-state index is -2.98. The molecule has 1 fully saturated rings. The predicted molar refractivity (Wildman–Crippen MR) is 103 cm³/mol. The molecule has 3 rings (SSSR count). The number of aromatic nitrogens is 2. The van der Waals surface area contributed by atoms with Crippen molar-refractivity contribution in [2.75, 3.05) is 25.7 Å². The van der Waals surface area contributed by atoms with Gasteiger partial charge in [0.2, 0.25) is 0 Å². The van der Waals surface area contributed by atoms with Crippen LogP contribution in [0.1, 0.15) is 39.8 Å². The van der Waals surface area contributed by atoms with E-state index in [1.807, 2.05) is 18.5 Å². The third-order valence-corrected chi connectivity index (χ3v) is 6.86. The van der Waals surface area contributed by atoms with Gasteiger partial charge in [-0.25, -0.2) is 8.42 Å². The van der Waals surface area contributed by atoms with Crippen LogP contribution in [0.25, 0.3) is 0 Å². The van der Waals surface area contributed by atoms with Crippen molar-refractivity contribution >= 4 is 15.7 Å². The van der Waals surface area contributed by atoms with Gasteiger partial charge in [-0.2, -0.15) is 5.10 Å². The molecule has 0 radical (unpaired) electrons. The lowest BCUT2D eigenvalue weighted by Gasteiger charge is -2.18. The number of aryl methyl sites for hydroxylation is 1. The molecule has 1 aromatic carbocycles. The van der Waals surface area contributed by atoms with Crippen LogP contribution in [0.3, 0.4) is 0 Å². The van der Waals surface area contributed by atoms with Gasteiger partial charge < -0.3 is 9.64 Å². The Hall–Kier alpha value is -2.35. The lowest BCUT2D eigenvalue weighted by molar-refractivity contribution is 0.0784. The summed E-state index contributed by atoms with van der Waals surface area (Å²) in [5, 5.41) is 4.56. The molecule has 2 heterocycles. The molecule has 8 heteroatoms. The van der Waals surface area contributed by atoms with Crippen molar-refractivity contribution in [3.8, 4) is 5.75 Å². The standard InChI is InChI=1S/C19H25N3O4S/c1-13-18(14(2)22(20-13)16-9-10-27(24,25)12-16)11-21(3)19(23)15-5-7-17(26-4)8-6-15/h5-8,16H,9-12H2,1-4H3/t16-/m1/s1. The minimum Gasteiger partial charge on any atom is -0.497 e. The van der Waals surface area contributed by atoms with Gasteiger partial charge in [0, 0.05) is 30.4 Å². The first-order valence-corrected chi connectivity index (χ1v) is 10.7. The normalized spacial score (nSPS) is 18.4. The Labute approximate surface area is 159 Å². The number of carbonyl (C=O) groups is 1. The summed E-state index contributed by atoms with van der Waals surface area (Å²) in [7, 11) is 0.360. The van der Waals surface area contributed by atoms with Gasteiger partial charge in [0.25, 0.3) is 5.91 Å². The fourth-order valence-electron chi connectivity index (χ4n) is 3.51. The molecule has 0 unspecified atom stereocenters. The molecular formula is C19H25N3O4S. The van der Waals surface area contributed by atoms with Crippen LogP contribution in [-0.2, 0) is 16.4 Å². The number of hydrogen-bond donors (Lipinski definition) is 0. The van der Waals surface area contributed by atoms with E-state index in [1.54, 1.807) is 43.3 Å². The summed E-state index contributed by atoms with van der Waals surface area (Å²) in [5.74, 6) is 0.956. The van der Waals surface area contributed by atoms with E-state index in [-0.39, 0.29) is 23.5 Å².